The molecule has 0 bridgehead atoms. The zero-order valence-corrected chi connectivity index (χ0v) is 13.8. The third-order valence-electron chi connectivity index (χ3n) is 3.23. The molecule has 2 atom stereocenters. The van der Waals surface area contributed by atoms with Crippen LogP contribution in [0.4, 0.5) is 0 Å². The lowest BCUT2D eigenvalue weighted by Gasteiger charge is -2.20. The van der Waals surface area contributed by atoms with Crippen LogP contribution in [0.5, 0.6) is 11.5 Å². The number of carbonyl (C=O) groups excluding carboxylic acids is 1. The van der Waals surface area contributed by atoms with Gasteiger partial charge in [-0.2, -0.15) is 11.8 Å². The Labute approximate surface area is 130 Å². The van der Waals surface area contributed by atoms with E-state index in [1.807, 2.05) is 31.4 Å². The van der Waals surface area contributed by atoms with E-state index in [1.165, 1.54) is 0 Å². The Morgan fingerprint density at radius 3 is 2.67 bits per heavy atom. The van der Waals surface area contributed by atoms with Crippen molar-refractivity contribution in [3.05, 3.63) is 23.8 Å². The van der Waals surface area contributed by atoms with E-state index in [-0.39, 0.29) is 11.9 Å². The largest absolute Gasteiger partial charge is 0.497 e. The van der Waals surface area contributed by atoms with Crippen LogP contribution in [-0.4, -0.2) is 38.2 Å². The van der Waals surface area contributed by atoms with E-state index in [0.717, 1.165) is 17.1 Å². The molecule has 0 aliphatic heterocycles. The van der Waals surface area contributed by atoms with Gasteiger partial charge < -0.3 is 20.5 Å². The summed E-state index contributed by atoms with van der Waals surface area (Å²) in [4.78, 5) is 12.1. The van der Waals surface area contributed by atoms with Crippen LogP contribution in [0.25, 0.3) is 0 Å². The quantitative estimate of drug-likeness (QED) is 0.767. The van der Waals surface area contributed by atoms with E-state index >= 15 is 0 Å². The standard InChI is InChI=1S/C15H24N2O3S/c1-10(17-15(18)13(16)7-8-21-4)12-9-11(19-2)5-6-14(12)20-3/h5-6,9-10,13H,7-8,16H2,1-4H3,(H,17,18)/t10?,13-/m0/s1. The fourth-order valence-corrected chi connectivity index (χ4v) is 2.44. The number of amides is 1. The average molecular weight is 312 g/mol. The molecule has 0 heterocycles. The lowest BCUT2D eigenvalue weighted by Crippen LogP contribution is -2.42. The second-order valence-corrected chi connectivity index (χ2v) is 5.71. The smallest absolute Gasteiger partial charge is 0.237 e. The first-order valence-electron chi connectivity index (χ1n) is 6.80. The number of ether oxygens (including phenoxy) is 2. The van der Waals surface area contributed by atoms with Crippen LogP contribution in [-0.2, 0) is 4.79 Å². The van der Waals surface area contributed by atoms with E-state index in [4.69, 9.17) is 15.2 Å². The van der Waals surface area contributed by atoms with Crippen LogP contribution in [0.2, 0.25) is 0 Å². The first-order chi connectivity index (χ1) is 10.0. The molecule has 0 aliphatic carbocycles. The van der Waals surface area contributed by atoms with E-state index in [0.29, 0.717) is 12.2 Å². The van der Waals surface area contributed by atoms with Crippen molar-refractivity contribution in [2.24, 2.45) is 5.73 Å². The van der Waals surface area contributed by atoms with Gasteiger partial charge in [-0.3, -0.25) is 4.79 Å². The van der Waals surface area contributed by atoms with Crippen LogP contribution in [0.1, 0.15) is 24.9 Å². The van der Waals surface area contributed by atoms with Gasteiger partial charge in [0.25, 0.3) is 0 Å². The van der Waals surface area contributed by atoms with Crippen molar-refractivity contribution in [3.8, 4) is 11.5 Å². The number of methoxy groups -OCH3 is 2. The Bertz CT molecular complexity index is 468. The fourth-order valence-electron chi connectivity index (χ4n) is 1.95. The number of benzene rings is 1. The van der Waals surface area contributed by atoms with E-state index in [1.54, 1.807) is 26.0 Å². The summed E-state index contributed by atoms with van der Waals surface area (Å²) in [6.07, 6.45) is 2.66. The summed E-state index contributed by atoms with van der Waals surface area (Å²) < 4.78 is 10.5. The van der Waals surface area contributed by atoms with Gasteiger partial charge in [0.1, 0.15) is 11.5 Å². The highest BCUT2D eigenvalue weighted by atomic mass is 32.2. The lowest BCUT2D eigenvalue weighted by atomic mass is 10.1. The molecule has 1 aromatic carbocycles. The topological polar surface area (TPSA) is 73.6 Å². The van der Waals surface area contributed by atoms with Crippen LogP contribution in [0.15, 0.2) is 18.2 Å². The third-order valence-corrected chi connectivity index (χ3v) is 3.88. The van der Waals surface area contributed by atoms with Crippen LogP contribution < -0.4 is 20.5 Å². The van der Waals surface area contributed by atoms with Gasteiger partial charge in [0.15, 0.2) is 0 Å². The van der Waals surface area contributed by atoms with Crippen LogP contribution >= 0.6 is 11.8 Å². The van der Waals surface area contributed by atoms with Crippen molar-refractivity contribution in [1.82, 2.24) is 5.32 Å². The highest BCUT2D eigenvalue weighted by Gasteiger charge is 2.19. The molecule has 3 N–H and O–H groups in total. The minimum atomic E-state index is -0.489. The summed E-state index contributed by atoms with van der Waals surface area (Å²) in [6, 6.07) is 4.81. The van der Waals surface area contributed by atoms with Gasteiger partial charge in [-0.1, -0.05) is 0 Å². The van der Waals surface area contributed by atoms with Gasteiger partial charge in [-0.25, -0.2) is 0 Å². The number of hydrogen-bond acceptors (Lipinski definition) is 5. The summed E-state index contributed by atoms with van der Waals surface area (Å²) in [5.41, 5.74) is 6.74. The molecular formula is C15H24N2O3S. The maximum atomic E-state index is 12.1. The predicted molar refractivity (Wildman–Crippen MR) is 87.1 cm³/mol. The monoisotopic (exact) mass is 312 g/mol. The number of thioether (sulfide) groups is 1. The van der Waals surface area contributed by atoms with Gasteiger partial charge in [0, 0.05) is 5.56 Å². The molecule has 118 valence electrons. The summed E-state index contributed by atoms with van der Waals surface area (Å²) in [6.45, 7) is 1.90. The van der Waals surface area contributed by atoms with Crippen molar-refractivity contribution in [3.63, 3.8) is 0 Å². The van der Waals surface area contributed by atoms with Crippen molar-refractivity contribution in [1.29, 1.82) is 0 Å². The predicted octanol–water partition coefficient (Wildman–Crippen LogP) is 1.96. The molecule has 0 aliphatic rings. The van der Waals surface area contributed by atoms with Gasteiger partial charge in [-0.05, 0) is 43.6 Å². The van der Waals surface area contributed by atoms with E-state index in [2.05, 4.69) is 5.32 Å². The molecule has 0 radical (unpaired) electrons. The first kappa shape index (κ1) is 17.7. The van der Waals surface area contributed by atoms with Crippen molar-refractivity contribution in [2.45, 2.75) is 25.4 Å². The number of nitrogens with one attached hydrogen (secondary N) is 1. The van der Waals surface area contributed by atoms with Crippen molar-refractivity contribution >= 4 is 17.7 Å². The molecule has 1 aromatic rings. The summed E-state index contributed by atoms with van der Waals surface area (Å²) in [5, 5.41) is 2.92. The molecular weight excluding hydrogens is 288 g/mol. The molecule has 5 nitrogen and oxygen atoms in total. The SMILES string of the molecule is COc1ccc(OC)c(C(C)NC(=O)[C@@H](N)CCSC)c1. The zero-order valence-electron chi connectivity index (χ0n) is 13.0. The molecule has 1 unspecified atom stereocenters. The second-order valence-electron chi connectivity index (χ2n) is 4.73. The normalized spacial score (nSPS) is 13.4. The van der Waals surface area contributed by atoms with Gasteiger partial charge in [0.2, 0.25) is 5.91 Å². The maximum absolute atomic E-state index is 12.1. The highest BCUT2D eigenvalue weighted by Crippen LogP contribution is 2.29. The van der Waals surface area contributed by atoms with E-state index < -0.39 is 6.04 Å². The summed E-state index contributed by atoms with van der Waals surface area (Å²) in [7, 11) is 3.21. The number of nitrogens with two attached hydrogens (primary N) is 1. The fraction of sp³-hybridized carbons (Fsp3) is 0.533. The molecule has 0 saturated carbocycles. The molecule has 21 heavy (non-hydrogen) atoms. The van der Waals surface area contributed by atoms with Gasteiger partial charge in [-0.15, -0.1) is 0 Å². The first-order valence-corrected chi connectivity index (χ1v) is 8.19. The Kier molecular flexibility index (Phi) is 7.39. The van der Waals surface area contributed by atoms with E-state index in [9.17, 15) is 4.79 Å². The van der Waals surface area contributed by atoms with Crippen molar-refractivity contribution < 1.29 is 14.3 Å². The number of carbonyl (C=O) groups is 1. The number of rotatable bonds is 8. The second kappa shape index (κ2) is 8.79. The van der Waals surface area contributed by atoms with Crippen LogP contribution in [0.3, 0.4) is 0 Å². The number of hydrogen-bond donors (Lipinski definition) is 2. The average Bonchev–Trinajstić information content (AvgIpc) is 2.51. The van der Waals surface area contributed by atoms with Gasteiger partial charge in [0.05, 0.1) is 26.3 Å². The minimum Gasteiger partial charge on any atom is -0.497 e. The maximum Gasteiger partial charge on any atom is 0.237 e. The Morgan fingerprint density at radius 1 is 1.38 bits per heavy atom. The lowest BCUT2D eigenvalue weighted by molar-refractivity contribution is -0.123. The molecule has 6 heteroatoms. The highest BCUT2D eigenvalue weighted by molar-refractivity contribution is 7.98. The third kappa shape index (κ3) is 5.13. The van der Waals surface area contributed by atoms with Crippen molar-refractivity contribution in [2.75, 3.05) is 26.2 Å². The van der Waals surface area contributed by atoms with Crippen LogP contribution in [0, 0.1) is 0 Å². The Hall–Kier alpha value is -1.40. The molecule has 0 spiro atoms. The summed E-state index contributed by atoms with van der Waals surface area (Å²) >= 11 is 1.68. The summed E-state index contributed by atoms with van der Waals surface area (Å²) in [5.74, 6) is 2.15. The molecule has 0 saturated heterocycles. The molecule has 1 amide bonds. The zero-order chi connectivity index (χ0) is 15.8. The Morgan fingerprint density at radius 2 is 2.10 bits per heavy atom. The minimum absolute atomic E-state index is 0.151. The molecule has 0 fully saturated rings. The van der Waals surface area contributed by atoms with Gasteiger partial charge >= 0.3 is 0 Å². The molecule has 1 rings (SSSR count). The Balaban J connectivity index is 2.78. The molecule has 0 aromatic heterocycles.